The van der Waals surface area contributed by atoms with Crippen molar-refractivity contribution in [1.82, 2.24) is 5.32 Å². The van der Waals surface area contributed by atoms with Crippen molar-refractivity contribution in [2.45, 2.75) is 19.8 Å². The molecule has 0 spiro atoms. The molecule has 0 radical (unpaired) electrons. The van der Waals surface area contributed by atoms with Crippen LogP contribution in [0.3, 0.4) is 0 Å². The number of nitrogens with one attached hydrogen (secondary N) is 2. The first-order valence-electron chi connectivity index (χ1n) is 7.40. The Morgan fingerprint density at radius 1 is 1.26 bits per heavy atom. The zero-order valence-corrected chi connectivity index (χ0v) is 12.9. The lowest BCUT2D eigenvalue weighted by atomic mass is 9.84. The number of aliphatic carboxylic acids is 1. The van der Waals surface area contributed by atoms with Gasteiger partial charge in [-0.3, -0.25) is 14.4 Å². The Hall–Kier alpha value is -2.41. The summed E-state index contributed by atoms with van der Waals surface area (Å²) in [5.74, 6) is -1.69. The van der Waals surface area contributed by atoms with Crippen LogP contribution in [0.5, 0.6) is 0 Å². The van der Waals surface area contributed by atoms with E-state index in [0.717, 1.165) is 12.8 Å². The van der Waals surface area contributed by atoms with Crippen LogP contribution in [0.15, 0.2) is 24.3 Å². The zero-order valence-electron chi connectivity index (χ0n) is 12.9. The second-order valence-electron chi connectivity index (χ2n) is 5.82. The maximum atomic E-state index is 12.3. The van der Waals surface area contributed by atoms with Crippen molar-refractivity contribution in [1.29, 1.82) is 0 Å². The number of ether oxygens (including phenoxy) is 1. The van der Waals surface area contributed by atoms with Gasteiger partial charge in [-0.05, 0) is 44.0 Å². The fourth-order valence-corrected chi connectivity index (χ4v) is 2.36. The lowest BCUT2D eigenvalue weighted by molar-refractivity contribution is -0.136. The molecule has 2 amide bonds. The average Bonchev–Trinajstić information content (AvgIpc) is 2.54. The van der Waals surface area contributed by atoms with Gasteiger partial charge in [0.1, 0.15) is 6.54 Å². The molecule has 1 heterocycles. The fraction of sp³-hybridized carbons (Fsp3) is 0.438. The monoisotopic (exact) mass is 320 g/mol. The lowest BCUT2D eigenvalue weighted by Gasteiger charge is -2.31. The molecule has 7 heteroatoms. The first-order chi connectivity index (χ1) is 10.9. The van der Waals surface area contributed by atoms with Crippen molar-refractivity contribution in [3.8, 4) is 0 Å². The van der Waals surface area contributed by atoms with E-state index < -0.39 is 23.8 Å². The number of anilines is 1. The number of carbonyl (C=O) groups excluding carboxylic acids is 2. The highest BCUT2D eigenvalue weighted by Crippen LogP contribution is 2.29. The van der Waals surface area contributed by atoms with Crippen LogP contribution in [0.1, 0.15) is 30.1 Å². The second kappa shape index (κ2) is 7.23. The van der Waals surface area contributed by atoms with Crippen LogP contribution < -0.4 is 10.6 Å². The van der Waals surface area contributed by atoms with Gasteiger partial charge in [-0.1, -0.05) is 0 Å². The first-order valence-corrected chi connectivity index (χ1v) is 7.40. The summed E-state index contributed by atoms with van der Waals surface area (Å²) >= 11 is 0. The molecule has 1 aromatic rings. The molecular weight excluding hydrogens is 300 g/mol. The van der Waals surface area contributed by atoms with E-state index in [1.807, 2.05) is 6.92 Å². The minimum absolute atomic E-state index is 0.111. The third-order valence-corrected chi connectivity index (χ3v) is 3.79. The number of hydrogen-bond acceptors (Lipinski definition) is 4. The van der Waals surface area contributed by atoms with Crippen LogP contribution in [0, 0.1) is 5.41 Å². The number of amides is 2. The molecular formula is C16H20N2O5. The Balaban J connectivity index is 1.95. The second-order valence-corrected chi connectivity index (χ2v) is 5.82. The molecule has 0 bridgehead atoms. The molecule has 124 valence electrons. The number of carbonyl (C=O) groups is 3. The van der Waals surface area contributed by atoms with Crippen molar-refractivity contribution in [2.24, 2.45) is 5.41 Å². The molecule has 0 aromatic heterocycles. The molecule has 1 saturated heterocycles. The Morgan fingerprint density at radius 3 is 2.52 bits per heavy atom. The van der Waals surface area contributed by atoms with Crippen molar-refractivity contribution in [3.63, 3.8) is 0 Å². The van der Waals surface area contributed by atoms with Gasteiger partial charge < -0.3 is 20.5 Å². The lowest BCUT2D eigenvalue weighted by Crippen LogP contribution is -2.40. The maximum Gasteiger partial charge on any atom is 0.322 e. The molecule has 0 saturated carbocycles. The number of hydrogen-bond donors (Lipinski definition) is 3. The predicted molar refractivity (Wildman–Crippen MR) is 83.2 cm³/mol. The Morgan fingerprint density at radius 2 is 1.96 bits per heavy atom. The highest BCUT2D eigenvalue weighted by molar-refractivity contribution is 5.98. The third kappa shape index (κ3) is 4.53. The van der Waals surface area contributed by atoms with Crippen LogP contribution in [0.25, 0.3) is 0 Å². The summed E-state index contributed by atoms with van der Waals surface area (Å²) in [6.07, 6.45) is 1.63. The summed E-state index contributed by atoms with van der Waals surface area (Å²) in [7, 11) is 0. The quantitative estimate of drug-likeness (QED) is 0.757. The van der Waals surface area contributed by atoms with E-state index in [2.05, 4.69) is 10.6 Å². The van der Waals surface area contributed by atoms with E-state index in [1.54, 1.807) is 12.1 Å². The Kier molecular flexibility index (Phi) is 5.33. The van der Waals surface area contributed by atoms with Gasteiger partial charge in [0, 0.05) is 17.9 Å². The van der Waals surface area contributed by atoms with Gasteiger partial charge in [0.25, 0.3) is 5.91 Å². The minimum Gasteiger partial charge on any atom is -0.480 e. The molecule has 1 aromatic carbocycles. The molecule has 2 rings (SSSR count). The van der Waals surface area contributed by atoms with Crippen LogP contribution >= 0.6 is 0 Å². The maximum absolute atomic E-state index is 12.3. The van der Waals surface area contributed by atoms with E-state index in [4.69, 9.17) is 9.84 Å². The largest absolute Gasteiger partial charge is 0.480 e. The van der Waals surface area contributed by atoms with E-state index >= 15 is 0 Å². The van der Waals surface area contributed by atoms with E-state index in [0.29, 0.717) is 24.5 Å². The Labute approximate surface area is 134 Å². The molecule has 23 heavy (non-hydrogen) atoms. The summed E-state index contributed by atoms with van der Waals surface area (Å²) in [5, 5.41) is 13.6. The van der Waals surface area contributed by atoms with Gasteiger partial charge in [0.05, 0.1) is 12.0 Å². The smallest absolute Gasteiger partial charge is 0.322 e. The third-order valence-electron chi connectivity index (χ3n) is 3.79. The minimum atomic E-state index is -1.11. The molecule has 3 N–H and O–H groups in total. The molecule has 1 aliphatic heterocycles. The van der Waals surface area contributed by atoms with Gasteiger partial charge in [-0.2, -0.15) is 0 Å². The van der Waals surface area contributed by atoms with E-state index in [1.165, 1.54) is 12.1 Å². The number of carboxylic acid groups (broad SMARTS) is 1. The summed E-state index contributed by atoms with van der Waals surface area (Å²) < 4.78 is 5.38. The first kappa shape index (κ1) is 17.0. The van der Waals surface area contributed by atoms with Crippen LogP contribution in [0.4, 0.5) is 5.69 Å². The topological polar surface area (TPSA) is 105 Å². The average molecular weight is 320 g/mol. The highest BCUT2D eigenvalue weighted by Gasteiger charge is 2.35. The summed E-state index contributed by atoms with van der Waals surface area (Å²) in [5.41, 5.74) is 0.364. The van der Waals surface area contributed by atoms with Crippen molar-refractivity contribution < 1.29 is 24.2 Å². The van der Waals surface area contributed by atoms with E-state index in [9.17, 15) is 14.4 Å². The van der Waals surface area contributed by atoms with Gasteiger partial charge in [-0.25, -0.2) is 0 Å². The molecule has 7 nitrogen and oxygen atoms in total. The predicted octanol–water partition coefficient (Wildman–Crippen LogP) is 1.26. The van der Waals surface area contributed by atoms with Crippen LogP contribution in [-0.2, 0) is 14.3 Å². The zero-order chi connectivity index (χ0) is 16.9. The standard InChI is InChI=1S/C16H20N2O5/c1-16(7-2-8-23-10-16)15(22)18-12-5-3-11(4-6-12)14(21)17-9-13(19)20/h3-6H,2,7-10H2,1H3,(H,17,21)(H,18,22)(H,19,20). The van der Waals surface area contributed by atoms with Crippen molar-refractivity contribution >= 4 is 23.5 Å². The number of carboxylic acids is 1. The molecule has 0 aliphatic carbocycles. The summed E-state index contributed by atoms with van der Waals surface area (Å²) in [6, 6.07) is 6.29. The van der Waals surface area contributed by atoms with Crippen LogP contribution in [0.2, 0.25) is 0 Å². The SMILES string of the molecule is CC1(C(=O)Nc2ccc(C(=O)NCC(=O)O)cc2)CCCOC1. The molecule has 1 atom stereocenters. The normalized spacial score (nSPS) is 20.6. The van der Waals surface area contributed by atoms with Crippen molar-refractivity contribution in [2.75, 3.05) is 25.1 Å². The molecule has 1 fully saturated rings. The van der Waals surface area contributed by atoms with Gasteiger partial charge in [0.15, 0.2) is 0 Å². The van der Waals surface area contributed by atoms with Gasteiger partial charge in [-0.15, -0.1) is 0 Å². The summed E-state index contributed by atoms with van der Waals surface area (Å²) in [4.78, 5) is 34.5. The van der Waals surface area contributed by atoms with Crippen LogP contribution in [-0.4, -0.2) is 42.6 Å². The number of benzene rings is 1. The van der Waals surface area contributed by atoms with Gasteiger partial charge >= 0.3 is 5.97 Å². The van der Waals surface area contributed by atoms with E-state index in [-0.39, 0.29) is 5.91 Å². The number of rotatable bonds is 5. The summed E-state index contributed by atoms with van der Waals surface area (Å²) in [6.45, 7) is 2.52. The fourth-order valence-electron chi connectivity index (χ4n) is 2.36. The molecule has 1 aliphatic rings. The van der Waals surface area contributed by atoms with Crippen molar-refractivity contribution in [3.05, 3.63) is 29.8 Å². The molecule has 1 unspecified atom stereocenters. The van der Waals surface area contributed by atoms with Gasteiger partial charge in [0.2, 0.25) is 5.91 Å². The Bertz CT molecular complexity index is 591. The highest BCUT2D eigenvalue weighted by atomic mass is 16.5.